The zero-order valence-electron chi connectivity index (χ0n) is 10.0. The van der Waals surface area contributed by atoms with E-state index in [1.165, 1.54) is 14.0 Å². The minimum atomic E-state index is -0.0891. The predicted octanol–water partition coefficient (Wildman–Crippen LogP) is 1.48. The summed E-state index contributed by atoms with van der Waals surface area (Å²) in [6.45, 7) is 5.28. The Labute approximate surface area is 97.2 Å². The lowest BCUT2D eigenvalue weighted by atomic mass is 9.88. The number of carbonyl (C=O) groups is 1. The Bertz CT molecular complexity index is 399. The Morgan fingerprint density at radius 3 is 2.38 bits per heavy atom. The standard InChI is InChI=1S/C12H15BO3/c1-7(2)16-12-5-9(8(3)14)10(13)6-11(12)15-4/h5-7H,1-4H3. The highest BCUT2D eigenvalue weighted by Crippen LogP contribution is 2.27. The molecule has 0 atom stereocenters. The molecule has 1 aromatic carbocycles. The first-order chi connectivity index (χ1) is 7.45. The maximum Gasteiger partial charge on any atom is 0.162 e. The van der Waals surface area contributed by atoms with Gasteiger partial charge in [0, 0.05) is 5.56 Å². The number of ether oxygens (including phenoxy) is 2. The summed E-state index contributed by atoms with van der Waals surface area (Å²) in [5.41, 5.74) is 0.858. The van der Waals surface area contributed by atoms with Crippen molar-refractivity contribution in [2.24, 2.45) is 0 Å². The van der Waals surface area contributed by atoms with E-state index in [9.17, 15) is 4.79 Å². The van der Waals surface area contributed by atoms with Gasteiger partial charge in [-0.25, -0.2) is 0 Å². The number of Topliss-reactive ketones (excluding diaryl/α,β-unsaturated/α-hetero) is 1. The van der Waals surface area contributed by atoms with E-state index < -0.39 is 0 Å². The van der Waals surface area contributed by atoms with Gasteiger partial charge in [0.15, 0.2) is 17.3 Å². The van der Waals surface area contributed by atoms with Gasteiger partial charge in [-0.1, -0.05) is 5.46 Å². The van der Waals surface area contributed by atoms with Crippen LogP contribution in [0.25, 0.3) is 0 Å². The highest BCUT2D eigenvalue weighted by molar-refractivity contribution is 6.36. The molecule has 0 aliphatic carbocycles. The largest absolute Gasteiger partial charge is 0.493 e. The van der Waals surface area contributed by atoms with Gasteiger partial charge >= 0.3 is 0 Å². The molecule has 0 saturated heterocycles. The van der Waals surface area contributed by atoms with Crippen molar-refractivity contribution < 1.29 is 14.3 Å². The maximum absolute atomic E-state index is 11.3. The van der Waals surface area contributed by atoms with Crippen LogP contribution in [0.15, 0.2) is 12.1 Å². The van der Waals surface area contributed by atoms with Crippen LogP contribution in [0, 0.1) is 0 Å². The number of hydrogen-bond donors (Lipinski definition) is 0. The van der Waals surface area contributed by atoms with E-state index in [4.69, 9.17) is 17.3 Å². The Kier molecular flexibility index (Phi) is 3.99. The molecular formula is C12H15BO3. The Balaban J connectivity index is 3.23. The topological polar surface area (TPSA) is 35.5 Å². The Morgan fingerprint density at radius 1 is 1.31 bits per heavy atom. The molecule has 0 aliphatic rings. The second-order valence-electron chi connectivity index (χ2n) is 3.81. The lowest BCUT2D eigenvalue weighted by Gasteiger charge is -2.15. The lowest BCUT2D eigenvalue weighted by molar-refractivity contribution is 0.101. The van der Waals surface area contributed by atoms with Crippen LogP contribution in [0.4, 0.5) is 0 Å². The van der Waals surface area contributed by atoms with Crippen molar-refractivity contribution in [3.63, 3.8) is 0 Å². The molecule has 2 radical (unpaired) electrons. The second kappa shape index (κ2) is 5.06. The summed E-state index contributed by atoms with van der Waals surface area (Å²) in [6.07, 6.45) is 0.0114. The highest BCUT2D eigenvalue weighted by atomic mass is 16.5. The van der Waals surface area contributed by atoms with Gasteiger partial charge in [-0.3, -0.25) is 4.79 Å². The van der Waals surface area contributed by atoms with Gasteiger partial charge in [0.1, 0.15) is 7.85 Å². The van der Waals surface area contributed by atoms with Crippen LogP contribution in [0.2, 0.25) is 0 Å². The Hall–Kier alpha value is -1.45. The van der Waals surface area contributed by atoms with Crippen LogP contribution in [-0.4, -0.2) is 26.8 Å². The minimum absolute atomic E-state index is 0.0114. The number of benzene rings is 1. The van der Waals surface area contributed by atoms with Gasteiger partial charge in [0.05, 0.1) is 13.2 Å². The third-order valence-electron chi connectivity index (χ3n) is 2.08. The summed E-state index contributed by atoms with van der Waals surface area (Å²) in [7, 11) is 7.28. The van der Waals surface area contributed by atoms with Crippen molar-refractivity contribution in [1.82, 2.24) is 0 Å². The van der Waals surface area contributed by atoms with Crippen LogP contribution in [0.5, 0.6) is 11.5 Å². The molecule has 0 aromatic heterocycles. The maximum atomic E-state index is 11.3. The first-order valence-electron chi connectivity index (χ1n) is 5.10. The van der Waals surface area contributed by atoms with E-state index in [-0.39, 0.29) is 11.9 Å². The fourth-order valence-corrected chi connectivity index (χ4v) is 1.39. The van der Waals surface area contributed by atoms with E-state index in [1.807, 2.05) is 13.8 Å². The molecule has 16 heavy (non-hydrogen) atoms. The van der Waals surface area contributed by atoms with Crippen molar-refractivity contribution in [1.29, 1.82) is 0 Å². The zero-order valence-corrected chi connectivity index (χ0v) is 10.0. The van der Waals surface area contributed by atoms with Crippen LogP contribution in [-0.2, 0) is 0 Å². The quantitative estimate of drug-likeness (QED) is 0.567. The average Bonchev–Trinajstić information content (AvgIpc) is 2.18. The summed E-state index contributed by atoms with van der Waals surface area (Å²) in [5, 5.41) is 0. The molecule has 0 unspecified atom stereocenters. The minimum Gasteiger partial charge on any atom is -0.493 e. The van der Waals surface area contributed by atoms with Gasteiger partial charge in [-0.05, 0) is 32.9 Å². The SMILES string of the molecule is [B]c1cc(OC)c(OC(C)C)cc1C(C)=O. The lowest BCUT2D eigenvalue weighted by Crippen LogP contribution is -2.16. The molecule has 0 N–H and O–H groups in total. The van der Waals surface area contributed by atoms with Crippen LogP contribution in [0.1, 0.15) is 31.1 Å². The molecule has 0 aliphatic heterocycles. The molecule has 1 aromatic rings. The van der Waals surface area contributed by atoms with Gasteiger partial charge in [0.2, 0.25) is 0 Å². The number of methoxy groups -OCH3 is 1. The van der Waals surface area contributed by atoms with E-state index in [0.717, 1.165) is 0 Å². The van der Waals surface area contributed by atoms with Crippen molar-refractivity contribution in [3.8, 4) is 11.5 Å². The molecule has 0 amide bonds. The summed E-state index contributed by atoms with van der Waals surface area (Å²) in [6, 6.07) is 3.23. The molecule has 4 heteroatoms. The zero-order chi connectivity index (χ0) is 12.3. The van der Waals surface area contributed by atoms with Gasteiger partial charge < -0.3 is 9.47 Å². The first-order valence-corrected chi connectivity index (χ1v) is 5.10. The first kappa shape index (κ1) is 12.6. The fraction of sp³-hybridized carbons (Fsp3) is 0.417. The Morgan fingerprint density at radius 2 is 1.94 bits per heavy atom. The monoisotopic (exact) mass is 218 g/mol. The molecule has 3 nitrogen and oxygen atoms in total. The van der Waals surface area contributed by atoms with Crippen molar-refractivity contribution >= 4 is 19.1 Å². The summed E-state index contributed by atoms with van der Waals surface area (Å²) < 4.78 is 10.7. The number of hydrogen-bond acceptors (Lipinski definition) is 3. The third kappa shape index (κ3) is 2.78. The van der Waals surface area contributed by atoms with E-state index in [1.54, 1.807) is 12.1 Å². The average molecular weight is 218 g/mol. The third-order valence-corrected chi connectivity index (χ3v) is 2.08. The molecule has 0 bridgehead atoms. The highest BCUT2D eigenvalue weighted by Gasteiger charge is 2.12. The van der Waals surface area contributed by atoms with Gasteiger partial charge in [-0.2, -0.15) is 0 Å². The normalized spacial score (nSPS) is 10.3. The molecular weight excluding hydrogens is 203 g/mol. The van der Waals surface area contributed by atoms with E-state index >= 15 is 0 Å². The fourth-order valence-electron chi connectivity index (χ4n) is 1.39. The van der Waals surface area contributed by atoms with Crippen LogP contribution in [0.3, 0.4) is 0 Å². The van der Waals surface area contributed by atoms with E-state index in [0.29, 0.717) is 22.5 Å². The molecule has 0 fully saturated rings. The van der Waals surface area contributed by atoms with Crippen molar-refractivity contribution in [3.05, 3.63) is 17.7 Å². The van der Waals surface area contributed by atoms with Crippen LogP contribution < -0.4 is 14.9 Å². The van der Waals surface area contributed by atoms with Crippen molar-refractivity contribution in [2.75, 3.05) is 7.11 Å². The number of rotatable bonds is 4. The molecule has 84 valence electrons. The predicted molar refractivity (Wildman–Crippen MR) is 64.2 cm³/mol. The van der Waals surface area contributed by atoms with Crippen LogP contribution >= 0.6 is 0 Å². The molecule has 1 rings (SSSR count). The van der Waals surface area contributed by atoms with Gasteiger partial charge in [-0.15, -0.1) is 0 Å². The number of carbonyl (C=O) groups excluding carboxylic acids is 1. The summed E-state index contributed by atoms with van der Waals surface area (Å²) >= 11 is 0. The molecule has 0 saturated carbocycles. The van der Waals surface area contributed by atoms with E-state index in [2.05, 4.69) is 0 Å². The smallest absolute Gasteiger partial charge is 0.162 e. The molecule has 0 spiro atoms. The van der Waals surface area contributed by atoms with Crippen molar-refractivity contribution in [2.45, 2.75) is 26.9 Å². The summed E-state index contributed by atoms with van der Waals surface area (Å²) in [5.74, 6) is 0.988. The molecule has 0 heterocycles. The second-order valence-corrected chi connectivity index (χ2v) is 3.81. The van der Waals surface area contributed by atoms with Gasteiger partial charge in [0.25, 0.3) is 0 Å². The number of ketones is 1. The summed E-state index contributed by atoms with van der Waals surface area (Å²) in [4.78, 5) is 11.3.